The third kappa shape index (κ3) is 2.26. The second kappa shape index (κ2) is 5.04. The number of rotatable bonds is 3. The highest BCUT2D eigenvalue weighted by Gasteiger charge is 2.10. The van der Waals surface area contributed by atoms with Crippen LogP contribution in [0.1, 0.15) is 5.56 Å². The van der Waals surface area contributed by atoms with Gasteiger partial charge in [-0.2, -0.15) is 0 Å². The number of nitrogens with zero attached hydrogens (tertiary/aromatic N) is 2. The van der Waals surface area contributed by atoms with Gasteiger partial charge >= 0.3 is 0 Å². The molecule has 0 saturated carbocycles. The van der Waals surface area contributed by atoms with Crippen LogP contribution in [0.25, 0.3) is 10.9 Å². The van der Waals surface area contributed by atoms with E-state index in [4.69, 9.17) is 10.5 Å². The van der Waals surface area contributed by atoms with Crippen LogP contribution in [0.15, 0.2) is 55.0 Å². The predicted molar refractivity (Wildman–Crippen MR) is 73.9 cm³/mol. The zero-order valence-electron chi connectivity index (χ0n) is 10.3. The Bertz CT molecular complexity index is 698. The van der Waals surface area contributed by atoms with Crippen molar-refractivity contribution < 1.29 is 4.74 Å². The molecule has 0 unspecified atom stereocenters. The molecular formula is C15H13N3O. The monoisotopic (exact) mass is 251 g/mol. The van der Waals surface area contributed by atoms with E-state index in [0.29, 0.717) is 12.3 Å². The van der Waals surface area contributed by atoms with E-state index < -0.39 is 0 Å². The van der Waals surface area contributed by atoms with Gasteiger partial charge in [-0.15, -0.1) is 0 Å². The lowest BCUT2D eigenvalue weighted by atomic mass is 10.1. The summed E-state index contributed by atoms with van der Waals surface area (Å²) in [5.74, 6) is 1.44. The van der Waals surface area contributed by atoms with Crippen LogP contribution in [0.2, 0.25) is 0 Å². The van der Waals surface area contributed by atoms with Crippen molar-refractivity contribution in [1.82, 2.24) is 9.97 Å². The fourth-order valence-corrected chi connectivity index (χ4v) is 1.95. The summed E-state index contributed by atoms with van der Waals surface area (Å²) in [5.41, 5.74) is 7.52. The average molecular weight is 251 g/mol. The van der Waals surface area contributed by atoms with Crippen molar-refractivity contribution in [1.29, 1.82) is 0 Å². The zero-order chi connectivity index (χ0) is 13.1. The first kappa shape index (κ1) is 11.6. The topological polar surface area (TPSA) is 61.0 Å². The van der Waals surface area contributed by atoms with Gasteiger partial charge in [0.15, 0.2) is 0 Å². The predicted octanol–water partition coefficient (Wildman–Crippen LogP) is 2.88. The highest BCUT2D eigenvalue weighted by Crippen LogP contribution is 2.31. The van der Waals surface area contributed by atoms with E-state index in [9.17, 15) is 0 Å². The van der Waals surface area contributed by atoms with Gasteiger partial charge in [0, 0.05) is 29.9 Å². The third-order valence-electron chi connectivity index (χ3n) is 2.87. The molecular weight excluding hydrogens is 238 g/mol. The molecule has 2 N–H and O–H groups in total. The van der Waals surface area contributed by atoms with Crippen LogP contribution < -0.4 is 10.5 Å². The molecule has 0 saturated heterocycles. The van der Waals surface area contributed by atoms with Crippen molar-refractivity contribution in [2.45, 2.75) is 6.54 Å². The van der Waals surface area contributed by atoms with Gasteiger partial charge in [0.1, 0.15) is 11.5 Å². The van der Waals surface area contributed by atoms with Crippen LogP contribution in [0, 0.1) is 0 Å². The van der Waals surface area contributed by atoms with Gasteiger partial charge in [-0.25, -0.2) is 0 Å². The molecule has 19 heavy (non-hydrogen) atoms. The molecule has 3 aromatic rings. The molecule has 0 atom stereocenters. The summed E-state index contributed by atoms with van der Waals surface area (Å²) in [4.78, 5) is 8.42. The maximum Gasteiger partial charge on any atom is 0.145 e. The summed E-state index contributed by atoms with van der Waals surface area (Å²) >= 11 is 0. The minimum absolute atomic E-state index is 0.382. The summed E-state index contributed by atoms with van der Waals surface area (Å²) in [7, 11) is 0. The summed E-state index contributed by atoms with van der Waals surface area (Å²) in [6.45, 7) is 0.382. The number of hydrogen-bond acceptors (Lipinski definition) is 4. The normalized spacial score (nSPS) is 10.6. The van der Waals surface area contributed by atoms with E-state index >= 15 is 0 Å². The molecule has 0 bridgehead atoms. The first-order valence-electron chi connectivity index (χ1n) is 6.03. The quantitative estimate of drug-likeness (QED) is 0.777. The number of pyridine rings is 2. The molecule has 0 fully saturated rings. The molecule has 0 amide bonds. The van der Waals surface area contributed by atoms with Gasteiger partial charge in [0.05, 0.1) is 11.7 Å². The maximum absolute atomic E-state index is 5.93. The number of fused-ring (bicyclic) bond motifs is 1. The van der Waals surface area contributed by atoms with Gasteiger partial charge in [0.25, 0.3) is 0 Å². The van der Waals surface area contributed by atoms with Crippen LogP contribution in [-0.4, -0.2) is 9.97 Å². The smallest absolute Gasteiger partial charge is 0.145 e. The molecule has 0 aliphatic heterocycles. The number of aromatic nitrogens is 2. The Balaban J connectivity index is 2.15. The second-order valence-electron chi connectivity index (χ2n) is 4.12. The lowest BCUT2D eigenvalue weighted by molar-refractivity contribution is 0.479. The minimum atomic E-state index is 0.382. The molecule has 1 aromatic carbocycles. The largest absolute Gasteiger partial charge is 0.455 e. The van der Waals surface area contributed by atoms with Gasteiger partial charge in [0.2, 0.25) is 0 Å². The van der Waals surface area contributed by atoms with Crippen molar-refractivity contribution in [3.63, 3.8) is 0 Å². The van der Waals surface area contributed by atoms with Crippen molar-refractivity contribution in [2.24, 2.45) is 5.73 Å². The zero-order valence-corrected chi connectivity index (χ0v) is 10.3. The van der Waals surface area contributed by atoms with Crippen LogP contribution in [0.3, 0.4) is 0 Å². The third-order valence-corrected chi connectivity index (χ3v) is 2.87. The van der Waals surface area contributed by atoms with Crippen molar-refractivity contribution in [3.05, 3.63) is 60.6 Å². The highest BCUT2D eigenvalue weighted by molar-refractivity contribution is 5.86. The summed E-state index contributed by atoms with van der Waals surface area (Å²) in [5, 5.41) is 0.953. The van der Waals surface area contributed by atoms with E-state index in [1.54, 1.807) is 18.6 Å². The van der Waals surface area contributed by atoms with E-state index in [-0.39, 0.29) is 0 Å². The van der Waals surface area contributed by atoms with Crippen LogP contribution in [0.4, 0.5) is 0 Å². The SMILES string of the molecule is NCc1cnc2ccccc2c1Oc1cccnc1. The number of ether oxygens (including phenoxy) is 1. The first-order valence-corrected chi connectivity index (χ1v) is 6.03. The molecule has 94 valence electrons. The standard InChI is InChI=1S/C15H13N3O/c16-8-11-9-18-14-6-2-1-5-13(14)15(11)19-12-4-3-7-17-10-12/h1-7,9-10H,8,16H2. The van der Waals surface area contributed by atoms with E-state index in [1.807, 2.05) is 36.4 Å². The lowest BCUT2D eigenvalue weighted by Crippen LogP contribution is -2.01. The molecule has 2 aromatic heterocycles. The maximum atomic E-state index is 5.93. The Morgan fingerprint density at radius 3 is 2.74 bits per heavy atom. The van der Waals surface area contributed by atoms with E-state index in [1.165, 1.54) is 0 Å². The van der Waals surface area contributed by atoms with Gasteiger partial charge in [-0.05, 0) is 24.3 Å². The minimum Gasteiger partial charge on any atom is -0.455 e. The number of nitrogens with two attached hydrogens (primary N) is 1. The molecule has 0 spiro atoms. The molecule has 4 heteroatoms. The number of benzene rings is 1. The Morgan fingerprint density at radius 1 is 1.05 bits per heavy atom. The van der Waals surface area contributed by atoms with Crippen LogP contribution in [-0.2, 0) is 6.54 Å². The molecule has 3 rings (SSSR count). The molecule has 0 aliphatic rings. The van der Waals surface area contributed by atoms with Gasteiger partial charge < -0.3 is 10.5 Å². The second-order valence-corrected chi connectivity index (χ2v) is 4.12. The summed E-state index contributed by atoms with van der Waals surface area (Å²) < 4.78 is 5.93. The van der Waals surface area contributed by atoms with Crippen molar-refractivity contribution in [3.8, 4) is 11.5 Å². The highest BCUT2D eigenvalue weighted by atomic mass is 16.5. The molecule has 0 aliphatic carbocycles. The Labute approximate surface area is 110 Å². The molecule has 0 radical (unpaired) electrons. The number of hydrogen-bond donors (Lipinski definition) is 1. The summed E-state index contributed by atoms with van der Waals surface area (Å²) in [6.07, 6.45) is 5.14. The summed E-state index contributed by atoms with van der Waals surface area (Å²) in [6, 6.07) is 11.5. The van der Waals surface area contributed by atoms with Gasteiger partial charge in [-0.3, -0.25) is 9.97 Å². The lowest BCUT2D eigenvalue weighted by Gasteiger charge is -2.12. The Morgan fingerprint density at radius 2 is 1.95 bits per heavy atom. The molecule has 2 heterocycles. The van der Waals surface area contributed by atoms with E-state index in [2.05, 4.69) is 9.97 Å². The fourth-order valence-electron chi connectivity index (χ4n) is 1.95. The first-order chi connectivity index (χ1) is 9.38. The van der Waals surface area contributed by atoms with Crippen molar-refractivity contribution >= 4 is 10.9 Å². The Kier molecular flexibility index (Phi) is 3.08. The fraction of sp³-hybridized carbons (Fsp3) is 0.0667. The van der Waals surface area contributed by atoms with Crippen LogP contribution >= 0.6 is 0 Å². The molecule has 4 nitrogen and oxygen atoms in total. The number of para-hydroxylation sites is 1. The Hall–Kier alpha value is -2.46. The van der Waals surface area contributed by atoms with Crippen LogP contribution in [0.5, 0.6) is 11.5 Å². The average Bonchev–Trinajstić information content (AvgIpc) is 2.49. The van der Waals surface area contributed by atoms with Gasteiger partial charge in [-0.1, -0.05) is 12.1 Å². The van der Waals surface area contributed by atoms with Crippen molar-refractivity contribution in [2.75, 3.05) is 0 Å². The van der Waals surface area contributed by atoms with E-state index in [0.717, 1.165) is 22.2 Å².